The topological polar surface area (TPSA) is 74.5 Å². The Morgan fingerprint density at radius 3 is 2.48 bits per heavy atom. The Labute approximate surface area is 163 Å². The van der Waals surface area contributed by atoms with Gasteiger partial charge >= 0.3 is 0 Å². The second-order valence-electron chi connectivity index (χ2n) is 5.78. The summed E-state index contributed by atoms with van der Waals surface area (Å²) in [6, 6.07) is 27.7. The smallest absolute Gasteiger partial charge is 0.180 e. The normalized spacial score (nSPS) is 11.4. The fourth-order valence-corrected chi connectivity index (χ4v) is 3.09. The predicted molar refractivity (Wildman–Crippen MR) is 114 cm³/mol. The van der Waals surface area contributed by atoms with Crippen LogP contribution in [0.4, 0.5) is 0 Å². The van der Waals surface area contributed by atoms with Gasteiger partial charge in [-0.3, -0.25) is 0 Å². The molecule has 27 heavy (non-hydrogen) atoms. The van der Waals surface area contributed by atoms with E-state index in [0.29, 0.717) is 10.7 Å². The van der Waals surface area contributed by atoms with E-state index >= 15 is 0 Å². The van der Waals surface area contributed by atoms with Crippen LogP contribution >= 0.6 is 11.8 Å². The Hall–Kier alpha value is -3.36. The summed E-state index contributed by atoms with van der Waals surface area (Å²) in [5.41, 5.74) is 10.7. The fraction of sp³-hybridized carbons (Fsp3) is 0.0455. The Morgan fingerprint density at radius 2 is 1.70 bits per heavy atom. The molecule has 3 rings (SSSR count). The maximum absolute atomic E-state index is 9.05. The van der Waals surface area contributed by atoms with Crippen molar-refractivity contribution in [2.24, 2.45) is 15.9 Å². The number of rotatable bonds is 5. The number of hydrogen-bond donors (Lipinski definition) is 1. The summed E-state index contributed by atoms with van der Waals surface area (Å²) in [6.07, 6.45) is 1.67. The average molecular weight is 370 g/mol. The molecule has 0 aromatic heterocycles. The van der Waals surface area contributed by atoms with Crippen LogP contribution in [0.25, 0.3) is 11.1 Å². The summed E-state index contributed by atoms with van der Waals surface area (Å²) >= 11 is 1.45. The number of thioether (sulfide) groups is 1. The zero-order valence-corrected chi connectivity index (χ0v) is 15.4. The van der Waals surface area contributed by atoms with E-state index in [0.717, 1.165) is 22.4 Å². The molecular weight excluding hydrogens is 352 g/mol. The molecule has 2 N–H and O–H groups in total. The van der Waals surface area contributed by atoms with Crippen molar-refractivity contribution in [3.63, 3.8) is 0 Å². The van der Waals surface area contributed by atoms with E-state index in [4.69, 9.17) is 11.0 Å². The molecule has 0 atom stereocenters. The maximum atomic E-state index is 9.05. The van der Waals surface area contributed by atoms with E-state index in [1.165, 1.54) is 17.3 Å². The van der Waals surface area contributed by atoms with E-state index < -0.39 is 0 Å². The first-order chi connectivity index (χ1) is 13.2. The number of nitrogens with zero attached hydrogens (tertiary/aromatic N) is 3. The first kappa shape index (κ1) is 18.4. The van der Waals surface area contributed by atoms with Gasteiger partial charge in [0, 0.05) is 5.75 Å². The van der Waals surface area contributed by atoms with Gasteiger partial charge in [-0.2, -0.15) is 10.4 Å². The first-order valence-corrected chi connectivity index (χ1v) is 9.37. The number of hydrogen-bond acceptors (Lipinski definition) is 4. The molecule has 0 aliphatic heterocycles. The van der Waals surface area contributed by atoms with Crippen molar-refractivity contribution >= 4 is 23.1 Å². The zero-order chi connectivity index (χ0) is 18.9. The van der Waals surface area contributed by atoms with Crippen molar-refractivity contribution in [3.05, 3.63) is 95.6 Å². The summed E-state index contributed by atoms with van der Waals surface area (Å²) < 4.78 is 0. The van der Waals surface area contributed by atoms with Crippen LogP contribution in [0.5, 0.6) is 0 Å². The Balaban J connectivity index is 1.65. The largest absolute Gasteiger partial charge is 0.377 e. The highest BCUT2D eigenvalue weighted by atomic mass is 32.2. The standard InChI is InChI=1S/C22H18N4S/c23-14-18-8-4-10-20(12-18)21-11-5-9-19(13-21)15-25-26-22(24)27-16-17-6-2-1-3-7-17/h1-13,15H,16H2,(H2,24,26). The van der Waals surface area contributed by atoms with Crippen LogP contribution in [-0.4, -0.2) is 11.4 Å². The minimum absolute atomic E-state index is 0.424. The summed E-state index contributed by atoms with van der Waals surface area (Å²) in [7, 11) is 0. The lowest BCUT2D eigenvalue weighted by molar-refractivity contribution is 1.25. The lowest BCUT2D eigenvalue weighted by Crippen LogP contribution is -2.05. The maximum Gasteiger partial charge on any atom is 0.180 e. The van der Waals surface area contributed by atoms with Gasteiger partial charge in [-0.05, 0) is 40.5 Å². The monoisotopic (exact) mass is 370 g/mol. The molecule has 0 radical (unpaired) electrons. The molecule has 0 unspecified atom stereocenters. The molecule has 0 amide bonds. The second kappa shape index (κ2) is 9.37. The van der Waals surface area contributed by atoms with Gasteiger partial charge in [0.15, 0.2) is 5.17 Å². The van der Waals surface area contributed by atoms with E-state index in [1.54, 1.807) is 12.3 Å². The van der Waals surface area contributed by atoms with Gasteiger partial charge in [-0.1, -0.05) is 72.4 Å². The SMILES string of the molecule is N#Cc1cccc(-c2cccc(C=NN=C(N)SCc3ccccc3)c2)c1. The third-order valence-electron chi connectivity index (χ3n) is 3.80. The number of nitrogens with two attached hydrogens (primary N) is 1. The van der Waals surface area contributed by atoms with Crippen LogP contribution in [0, 0.1) is 11.3 Å². The van der Waals surface area contributed by atoms with Crippen LogP contribution in [0.3, 0.4) is 0 Å². The molecule has 5 heteroatoms. The third-order valence-corrected chi connectivity index (χ3v) is 4.66. The minimum atomic E-state index is 0.424. The van der Waals surface area contributed by atoms with Crippen molar-refractivity contribution in [1.82, 2.24) is 0 Å². The summed E-state index contributed by atoms with van der Waals surface area (Å²) in [6.45, 7) is 0. The van der Waals surface area contributed by atoms with Crippen LogP contribution in [0.2, 0.25) is 0 Å². The highest BCUT2D eigenvalue weighted by Gasteiger charge is 2.00. The molecule has 4 nitrogen and oxygen atoms in total. The van der Waals surface area contributed by atoms with Crippen molar-refractivity contribution in [3.8, 4) is 17.2 Å². The van der Waals surface area contributed by atoms with E-state index in [-0.39, 0.29) is 0 Å². The lowest BCUT2D eigenvalue weighted by Gasteiger charge is -2.03. The lowest BCUT2D eigenvalue weighted by atomic mass is 10.0. The van der Waals surface area contributed by atoms with E-state index in [9.17, 15) is 0 Å². The molecule has 0 saturated heterocycles. The van der Waals surface area contributed by atoms with Gasteiger partial charge in [0.1, 0.15) is 0 Å². The number of benzene rings is 3. The van der Waals surface area contributed by atoms with Crippen molar-refractivity contribution in [2.75, 3.05) is 0 Å². The predicted octanol–water partition coefficient (Wildman–Crippen LogP) is 4.81. The van der Waals surface area contributed by atoms with Crippen LogP contribution in [0.15, 0.2) is 89.1 Å². The quantitative estimate of drug-likeness (QED) is 0.398. The fourth-order valence-electron chi connectivity index (χ4n) is 2.48. The zero-order valence-electron chi connectivity index (χ0n) is 14.6. The molecule has 132 valence electrons. The number of nitriles is 1. The van der Waals surface area contributed by atoms with E-state index in [2.05, 4.69) is 28.4 Å². The van der Waals surface area contributed by atoms with Gasteiger partial charge < -0.3 is 5.73 Å². The second-order valence-corrected chi connectivity index (χ2v) is 6.77. The van der Waals surface area contributed by atoms with E-state index in [1.807, 2.05) is 60.7 Å². The first-order valence-electron chi connectivity index (χ1n) is 8.38. The molecule has 3 aromatic rings. The van der Waals surface area contributed by atoms with Crippen LogP contribution < -0.4 is 5.73 Å². The molecule has 0 saturated carbocycles. The number of amidine groups is 1. The molecule has 0 aliphatic carbocycles. The molecule has 0 aliphatic rings. The van der Waals surface area contributed by atoms with Gasteiger partial charge in [-0.25, -0.2) is 0 Å². The van der Waals surface area contributed by atoms with Crippen LogP contribution in [-0.2, 0) is 5.75 Å². The van der Waals surface area contributed by atoms with Crippen molar-refractivity contribution in [1.29, 1.82) is 5.26 Å². The van der Waals surface area contributed by atoms with Crippen molar-refractivity contribution in [2.45, 2.75) is 5.75 Å². The summed E-state index contributed by atoms with van der Waals surface area (Å²) in [5, 5.41) is 17.6. The molecular formula is C22H18N4S. The Morgan fingerprint density at radius 1 is 0.963 bits per heavy atom. The van der Waals surface area contributed by atoms with Crippen LogP contribution in [0.1, 0.15) is 16.7 Å². The molecule has 0 bridgehead atoms. The summed E-state index contributed by atoms with van der Waals surface area (Å²) in [5.74, 6) is 0.760. The van der Waals surface area contributed by atoms with Crippen molar-refractivity contribution < 1.29 is 0 Å². The Bertz CT molecular complexity index is 1000. The highest BCUT2D eigenvalue weighted by Crippen LogP contribution is 2.21. The minimum Gasteiger partial charge on any atom is -0.377 e. The highest BCUT2D eigenvalue weighted by molar-refractivity contribution is 8.13. The van der Waals surface area contributed by atoms with Gasteiger partial charge in [0.25, 0.3) is 0 Å². The van der Waals surface area contributed by atoms with Gasteiger partial charge in [0.2, 0.25) is 0 Å². The van der Waals surface area contributed by atoms with Gasteiger partial charge in [-0.15, -0.1) is 5.10 Å². The van der Waals surface area contributed by atoms with Gasteiger partial charge in [0.05, 0.1) is 17.8 Å². The average Bonchev–Trinajstić information content (AvgIpc) is 2.73. The molecule has 0 heterocycles. The summed E-state index contributed by atoms with van der Waals surface area (Å²) in [4.78, 5) is 0. The third kappa shape index (κ3) is 5.56. The molecule has 0 fully saturated rings. The molecule has 0 spiro atoms. The Kier molecular flexibility index (Phi) is 6.40. The molecule has 3 aromatic carbocycles.